The number of hydrogen-bond donors (Lipinski definition) is 1. The number of aromatic nitrogens is 2. The van der Waals surface area contributed by atoms with Gasteiger partial charge in [-0.3, -0.25) is 9.59 Å². The molecule has 2 aromatic heterocycles. The SMILES string of the molecule is CCOc1ccc2c(c1)sc(=NC(=O)CSCC(=O)Nc1nccs1)n2CCOC. The molecule has 30 heavy (non-hydrogen) atoms. The van der Waals surface area contributed by atoms with Gasteiger partial charge in [0, 0.05) is 25.2 Å². The van der Waals surface area contributed by atoms with E-state index in [0.717, 1.165) is 16.0 Å². The van der Waals surface area contributed by atoms with Crippen molar-refractivity contribution >= 4 is 61.6 Å². The van der Waals surface area contributed by atoms with Gasteiger partial charge in [0.15, 0.2) is 9.93 Å². The summed E-state index contributed by atoms with van der Waals surface area (Å²) in [6.45, 7) is 3.61. The van der Waals surface area contributed by atoms with Crippen LogP contribution in [0, 0.1) is 0 Å². The number of thioether (sulfide) groups is 1. The van der Waals surface area contributed by atoms with Gasteiger partial charge < -0.3 is 19.4 Å². The second kappa shape index (κ2) is 11.3. The van der Waals surface area contributed by atoms with E-state index in [1.54, 1.807) is 18.7 Å². The summed E-state index contributed by atoms with van der Waals surface area (Å²) in [4.78, 5) is 33.2. The lowest BCUT2D eigenvalue weighted by molar-refractivity contribution is -0.115. The van der Waals surface area contributed by atoms with E-state index in [1.165, 1.54) is 34.4 Å². The van der Waals surface area contributed by atoms with Crippen LogP contribution in [0.25, 0.3) is 10.2 Å². The van der Waals surface area contributed by atoms with Crippen LogP contribution < -0.4 is 14.9 Å². The van der Waals surface area contributed by atoms with Crippen molar-refractivity contribution in [3.05, 3.63) is 34.6 Å². The van der Waals surface area contributed by atoms with Gasteiger partial charge in [-0.1, -0.05) is 11.3 Å². The first-order valence-electron chi connectivity index (χ1n) is 9.20. The molecule has 8 nitrogen and oxygen atoms in total. The second-order valence-electron chi connectivity index (χ2n) is 5.98. The molecule has 11 heteroatoms. The first-order chi connectivity index (χ1) is 14.6. The van der Waals surface area contributed by atoms with Gasteiger partial charge in [-0.25, -0.2) is 4.98 Å². The summed E-state index contributed by atoms with van der Waals surface area (Å²) < 4.78 is 13.7. The van der Waals surface area contributed by atoms with Gasteiger partial charge in [-0.2, -0.15) is 4.99 Å². The third-order valence-electron chi connectivity index (χ3n) is 3.84. The van der Waals surface area contributed by atoms with Crippen molar-refractivity contribution in [3.63, 3.8) is 0 Å². The second-order valence-corrected chi connectivity index (χ2v) is 8.86. The predicted octanol–water partition coefficient (Wildman–Crippen LogP) is 3.00. The van der Waals surface area contributed by atoms with Crippen LogP contribution in [0.5, 0.6) is 5.75 Å². The Morgan fingerprint density at radius 2 is 2.20 bits per heavy atom. The minimum Gasteiger partial charge on any atom is -0.494 e. The topological polar surface area (TPSA) is 94.8 Å². The highest BCUT2D eigenvalue weighted by Gasteiger charge is 2.11. The number of carbonyl (C=O) groups excluding carboxylic acids is 2. The Balaban J connectivity index is 1.69. The number of methoxy groups -OCH3 is 1. The minimum atomic E-state index is -0.287. The zero-order chi connectivity index (χ0) is 21.3. The molecule has 2 amide bonds. The maximum atomic E-state index is 12.4. The molecule has 0 aliphatic rings. The van der Waals surface area contributed by atoms with Crippen molar-refractivity contribution < 1.29 is 19.1 Å². The molecule has 0 radical (unpaired) electrons. The zero-order valence-corrected chi connectivity index (χ0v) is 19.1. The Morgan fingerprint density at radius 1 is 1.33 bits per heavy atom. The third kappa shape index (κ3) is 6.14. The van der Waals surface area contributed by atoms with Gasteiger partial charge >= 0.3 is 0 Å². The van der Waals surface area contributed by atoms with E-state index in [1.807, 2.05) is 29.7 Å². The normalized spacial score (nSPS) is 11.7. The Labute approximate surface area is 186 Å². The Bertz CT molecular complexity index is 1060. The molecule has 1 aromatic carbocycles. The van der Waals surface area contributed by atoms with Crippen molar-refractivity contribution in [3.8, 4) is 5.75 Å². The lowest BCUT2D eigenvalue weighted by atomic mass is 10.3. The van der Waals surface area contributed by atoms with Gasteiger partial charge in [-0.15, -0.1) is 23.1 Å². The highest BCUT2D eigenvalue weighted by molar-refractivity contribution is 8.00. The van der Waals surface area contributed by atoms with Crippen LogP contribution in [0.2, 0.25) is 0 Å². The predicted molar refractivity (Wildman–Crippen MR) is 121 cm³/mol. The van der Waals surface area contributed by atoms with E-state index in [4.69, 9.17) is 9.47 Å². The molecule has 0 spiro atoms. The van der Waals surface area contributed by atoms with Crippen LogP contribution in [-0.4, -0.2) is 53.2 Å². The molecule has 0 aliphatic heterocycles. The molecular weight excluding hydrogens is 444 g/mol. The van der Waals surface area contributed by atoms with E-state index in [-0.39, 0.29) is 23.3 Å². The first kappa shape index (κ1) is 22.5. The van der Waals surface area contributed by atoms with Gasteiger partial charge in [0.2, 0.25) is 5.91 Å². The smallest absolute Gasteiger partial charge is 0.258 e. The molecule has 0 saturated heterocycles. The van der Waals surface area contributed by atoms with E-state index < -0.39 is 0 Å². The summed E-state index contributed by atoms with van der Waals surface area (Å²) >= 11 is 4.00. The number of amides is 2. The lowest BCUT2D eigenvalue weighted by Gasteiger charge is -2.06. The van der Waals surface area contributed by atoms with Gasteiger partial charge in [0.05, 0.1) is 34.9 Å². The van der Waals surface area contributed by atoms with Gasteiger partial charge in [-0.05, 0) is 25.1 Å². The van der Waals surface area contributed by atoms with Crippen LogP contribution in [0.3, 0.4) is 0 Å². The Hall–Kier alpha value is -2.21. The highest BCUT2D eigenvalue weighted by Crippen LogP contribution is 2.23. The Kier molecular flexibility index (Phi) is 8.43. The average Bonchev–Trinajstić information content (AvgIpc) is 3.33. The zero-order valence-electron chi connectivity index (χ0n) is 16.6. The molecule has 3 rings (SSSR count). The van der Waals surface area contributed by atoms with Crippen molar-refractivity contribution in [1.82, 2.24) is 9.55 Å². The van der Waals surface area contributed by atoms with E-state index in [0.29, 0.717) is 29.7 Å². The molecule has 160 valence electrons. The molecule has 0 fully saturated rings. The summed E-state index contributed by atoms with van der Waals surface area (Å²) in [6.07, 6.45) is 1.62. The summed E-state index contributed by atoms with van der Waals surface area (Å²) in [7, 11) is 1.64. The maximum absolute atomic E-state index is 12.4. The minimum absolute atomic E-state index is 0.119. The summed E-state index contributed by atoms with van der Waals surface area (Å²) in [5.41, 5.74) is 0.975. The van der Waals surface area contributed by atoms with E-state index in [2.05, 4.69) is 15.3 Å². The molecule has 2 heterocycles. The number of thiazole rings is 2. The number of fused-ring (bicyclic) bond motifs is 1. The van der Waals surface area contributed by atoms with Gasteiger partial charge in [0.1, 0.15) is 5.75 Å². The third-order valence-corrected chi connectivity index (χ3v) is 6.49. The summed E-state index contributed by atoms with van der Waals surface area (Å²) in [6, 6.07) is 5.83. The fourth-order valence-corrected chi connectivity index (χ4v) is 4.85. The number of nitrogens with zero attached hydrogens (tertiary/aromatic N) is 3. The summed E-state index contributed by atoms with van der Waals surface area (Å²) in [5.74, 6) is 0.584. The van der Waals surface area contributed by atoms with E-state index >= 15 is 0 Å². The first-order valence-corrected chi connectivity index (χ1v) is 12.1. The van der Waals surface area contributed by atoms with Crippen LogP contribution >= 0.6 is 34.4 Å². The van der Waals surface area contributed by atoms with E-state index in [9.17, 15) is 9.59 Å². The van der Waals surface area contributed by atoms with Crippen molar-refractivity contribution in [1.29, 1.82) is 0 Å². The fraction of sp³-hybridized carbons (Fsp3) is 0.368. The standard InChI is InChI=1S/C19H22N4O4S3/c1-3-27-13-4-5-14-15(10-13)30-19(23(14)7-8-26-2)22-17(25)12-28-11-16(24)21-18-20-6-9-29-18/h4-6,9-10H,3,7-8,11-12H2,1-2H3,(H,20,21,24). The highest BCUT2D eigenvalue weighted by atomic mass is 32.2. The number of ether oxygens (including phenoxy) is 2. The van der Waals surface area contributed by atoms with Crippen LogP contribution in [0.15, 0.2) is 34.8 Å². The van der Waals surface area contributed by atoms with Crippen LogP contribution in [0.1, 0.15) is 6.92 Å². The number of rotatable bonds is 10. The summed E-state index contributed by atoms with van der Waals surface area (Å²) in [5, 5.41) is 5.02. The van der Waals surface area contributed by atoms with Crippen LogP contribution in [-0.2, 0) is 20.9 Å². The molecule has 0 bridgehead atoms. The Morgan fingerprint density at radius 3 is 2.93 bits per heavy atom. The fourth-order valence-electron chi connectivity index (χ4n) is 2.60. The number of anilines is 1. The average molecular weight is 467 g/mol. The number of carbonyl (C=O) groups is 2. The monoisotopic (exact) mass is 466 g/mol. The molecule has 1 N–H and O–H groups in total. The molecule has 0 saturated carbocycles. The van der Waals surface area contributed by atoms with Crippen molar-refractivity contribution in [2.75, 3.05) is 37.1 Å². The number of nitrogens with one attached hydrogen (secondary N) is 1. The molecular formula is C19H22N4O4S3. The molecule has 0 aliphatic carbocycles. The largest absolute Gasteiger partial charge is 0.494 e. The van der Waals surface area contributed by atoms with Crippen molar-refractivity contribution in [2.45, 2.75) is 13.5 Å². The number of hydrogen-bond acceptors (Lipinski definition) is 8. The molecule has 0 atom stereocenters. The lowest BCUT2D eigenvalue weighted by Crippen LogP contribution is -2.20. The van der Waals surface area contributed by atoms with Crippen molar-refractivity contribution in [2.24, 2.45) is 4.99 Å². The van der Waals surface area contributed by atoms with Gasteiger partial charge in [0.25, 0.3) is 5.91 Å². The van der Waals surface area contributed by atoms with Crippen LogP contribution in [0.4, 0.5) is 5.13 Å². The molecule has 3 aromatic rings. The molecule has 0 unspecified atom stereocenters. The number of benzene rings is 1. The maximum Gasteiger partial charge on any atom is 0.258 e. The quantitative estimate of drug-likeness (QED) is 0.494.